The van der Waals surface area contributed by atoms with Crippen molar-refractivity contribution in [3.63, 3.8) is 0 Å². The van der Waals surface area contributed by atoms with Crippen molar-refractivity contribution >= 4 is 16.8 Å². The molecule has 124 valence electrons. The molecule has 4 rings (SSSR count). The molecule has 0 aliphatic carbocycles. The third-order valence-electron chi connectivity index (χ3n) is 4.16. The van der Waals surface area contributed by atoms with Gasteiger partial charge in [0.1, 0.15) is 0 Å². The SMILES string of the molecule is Cn1cnc(CNC(=O)c2ccc3cc(-c4ccccc4)[nH]c3c2)c1. The van der Waals surface area contributed by atoms with Gasteiger partial charge in [-0.25, -0.2) is 4.98 Å². The number of fused-ring (bicyclic) bond motifs is 1. The minimum atomic E-state index is -0.108. The predicted molar refractivity (Wildman–Crippen MR) is 98.1 cm³/mol. The Balaban J connectivity index is 1.55. The van der Waals surface area contributed by atoms with E-state index in [1.807, 2.05) is 54.2 Å². The van der Waals surface area contributed by atoms with Crippen molar-refractivity contribution < 1.29 is 4.79 Å². The van der Waals surface area contributed by atoms with Crippen molar-refractivity contribution in [2.24, 2.45) is 7.05 Å². The first-order valence-electron chi connectivity index (χ1n) is 8.12. The van der Waals surface area contributed by atoms with E-state index < -0.39 is 0 Å². The first-order valence-corrected chi connectivity index (χ1v) is 8.12. The van der Waals surface area contributed by atoms with E-state index >= 15 is 0 Å². The van der Waals surface area contributed by atoms with E-state index in [0.29, 0.717) is 12.1 Å². The second kappa shape index (κ2) is 6.28. The molecule has 0 fully saturated rings. The van der Waals surface area contributed by atoms with E-state index in [2.05, 4.69) is 33.5 Å². The zero-order valence-electron chi connectivity index (χ0n) is 13.9. The van der Waals surface area contributed by atoms with Crippen LogP contribution in [0, 0.1) is 0 Å². The molecule has 0 radical (unpaired) electrons. The fourth-order valence-electron chi connectivity index (χ4n) is 2.87. The fraction of sp³-hybridized carbons (Fsp3) is 0.100. The van der Waals surface area contributed by atoms with Gasteiger partial charge in [0.05, 0.1) is 18.6 Å². The van der Waals surface area contributed by atoms with Crippen molar-refractivity contribution in [1.29, 1.82) is 0 Å². The van der Waals surface area contributed by atoms with Crippen LogP contribution in [0.1, 0.15) is 16.1 Å². The van der Waals surface area contributed by atoms with Crippen LogP contribution in [-0.2, 0) is 13.6 Å². The number of carbonyl (C=O) groups is 1. The molecule has 0 aliphatic heterocycles. The molecule has 2 aromatic carbocycles. The number of imidazole rings is 1. The van der Waals surface area contributed by atoms with Crippen LogP contribution < -0.4 is 5.32 Å². The molecule has 4 aromatic rings. The minimum absolute atomic E-state index is 0.108. The smallest absolute Gasteiger partial charge is 0.251 e. The summed E-state index contributed by atoms with van der Waals surface area (Å²) in [5.41, 5.74) is 4.58. The molecule has 1 amide bonds. The Morgan fingerprint density at radius 1 is 1.16 bits per heavy atom. The van der Waals surface area contributed by atoms with E-state index in [-0.39, 0.29) is 5.91 Å². The number of hydrogen-bond acceptors (Lipinski definition) is 2. The van der Waals surface area contributed by atoms with Crippen LogP contribution >= 0.6 is 0 Å². The number of hydrogen-bond donors (Lipinski definition) is 2. The van der Waals surface area contributed by atoms with E-state index in [9.17, 15) is 4.79 Å². The molecule has 25 heavy (non-hydrogen) atoms. The molecule has 0 unspecified atom stereocenters. The van der Waals surface area contributed by atoms with Gasteiger partial charge in [-0.1, -0.05) is 36.4 Å². The van der Waals surface area contributed by atoms with E-state index in [1.165, 1.54) is 0 Å². The Morgan fingerprint density at radius 3 is 2.76 bits per heavy atom. The van der Waals surface area contributed by atoms with Crippen LogP contribution in [0.5, 0.6) is 0 Å². The third kappa shape index (κ3) is 3.17. The number of amides is 1. The number of aromatic amines is 1. The quantitative estimate of drug-likeness (QED) is 0.601. The van der Waals surface area contributed by atoms with Crippen LogP contribution in [-0.4, -0.2) is 20.4 Å². The molecule has 2 aromatic heterocycles. The topological polar surface area (TPSA) is 62.7 Å². The van der Waals surface area contributed by atoms with Gasteiger partial charge in [-0.2, -0.15) is 0 Å². The number of rotatable bonds is 4. The Morgan fingerprint density at radius 2 is 2.00 bits per heavy atom. The molecule has 0 aliphatic rings. The van der Waals surface area contributed by atoms with E-state index in [0.717, 1.165) is 27.9 Å². The number of benzene rings is 2. The number of carbonyl (C=O) groups excluding carboxylic acids is 1. The molecule has 0 spiro atoms. The molecule has 2 N–H and O–H groups in total. The van der Waals surface area contributed by atoms with Gasteiger partial charge >= 0.3 is 0 Å². The largest absolute Gasteiger partial charge is 0.355 e. The highest BCUT2D eigenvalue weighted by atomic mass is 16.1. The number of aryl methyl sites for hydroxylation is 1. The second-order valence-corrected chi connectivity index (χ2v) is 6.06. The lowest BCUT2D eigenvalue weighted by molar-refractivity contribution is 0.0950. The Labute approximate surface area is 145 Å². The summed E-state index contributed by atoms with van der Waals surface area (Å²) < 4.78 is 1.86. The summed E-state index contributed by atoms with van der Waals surface area (Å²) >= 11 is 0. The molecule has 0 atom stereocenters. The van der Waals surface area contributed by atoms with Crippen molar-refractivity contribution in [3.05, 3.63) is 78.4 Å². The van der Waals surface area contributed by atoms with Crippen molar-refractivity contribution in [3.8, 4) is 11.3 Å². The van der Waals surface area contributed by atoms with E-state index in [1.54, 1.807) is 6.33 Å². The van der Waals surface area contributed by atoms with Crippen LogP contribution in [0.3, 0.4) is 0 Å². The van der Waals surface area contributed by atoms with Crippen LogP contribution in [0.2, 0.25) is 0 Å². The zero-order chi connectivity index (χ0) is 17.2. The maximum absolute atomic E-state index is 12.4. The van der Waals surface area contributed by atoms with Gasteiger partial charge in [-0.05, 0) is 23.8 Å². The molecule has 5 heteroatoms. The summed E-state index contributed by atoms with van der Waals surface area (Å²) in [7, 11) is 1.90. The van der Waals surface area contributed by atoms with Crippen molar-refractivity contribution in [2.75, 3.05) is 0 Å². The molecule has 0 saturated heterocycles. The Kier molecular flexibility index (Phi) is 3.82. The summed E-state index contributed by atoms with van der Waals surface area (Å²) in [6, 6.07) is 17.9. The minimum Gasteiger partial charge on any atom is -0.355 e. The first kappa shape index (κ1) is 15.2. The van der Waals surface area contributed by atoms with Crippen LogP contribution in [0.15, 0.2) is 67.1 Å². The highest BCUT2D eigenvalue weighted by Gasteiger charge is 2.09. The van der Waals surface area contributed by atoms with Gasteiger partial charge in [-0.15, -0.1) is 0 Å². The summed E-state index contributed by atoms with van der Waals surface area (Å²) in [5.74, 6) is -0.108. The lowest BCUT2D eigenvalue weighted by Crippen LogP contribution is -2.22. The molecule has 2 heterocycles. The lowest BCUT2D eigenvalue weighted by atomic mass is 10.1. The average Bonchev–Trinajstić information content (AvgIpc) is 3.25. The van der Waals surface area contributed by atoms with Crippen molar-refractivity contribution in [1.82, 2.24) is 19.9 Å². The average molecular weight is 330 g/mol. The first-order chi connectivity index (χ1) is 12.2. The van der Waals surface area contributed by atoms with Gasteiger partial charge in [0.15, 0.2) is 0 Å². The van der Waals surface area contributed by atoms with Gasteiger partial charge in [0.2, 0.25) is 0 Å². The normalized spacial score (nSPS) is 10.9. The van der Waals surface area contributed by atoms with Gasteiger partial charge in [-0.3, -0.25) is 4.79 Å². The second-order valence-electron chi connectivity index (χ2n) is 6.06. The maximum atomic E-state index is 12.4. The van der Waals surface area contributed by atoms with Gasteiger partial charge in [0.25, 0.3) is 5.91 Å². The summed E-state index contributed by atoms with van der Waals surface area (Å²) in [6.45, 7) is 0.414. The summed E-state index contributed by atoms with van der Waals surface area (Å²) in [5, 5.41) is 3.99. The number of nitrogens with zero attached hydrogens (tertiary/aromatic N) is 2. The third-order valence-corrected chi connectivity index (χ3v) is 4.16. The lowest BCUT2D eigenvalue weighted by Gasteiger charge is -2.03. The summed E-state index contributed by atoms with van der Waals surface area (Å²) in [6.07, 6.45) is 3.61. The standard InChI is InChI=1S/C20H18N4O/c1-24-12-17(22-13-24)11-21-20(25)16-8-7-15-9-18(23-19(15)10-16)14-5-3-2-4-6-14/h2-10,12-13,23H,11H2,1H3,(H,21,25). The molecular weight excluding hydrogens is 312 g/mol. The van der Waals surface area contributed by atoms with Gasteiger partial charge in [0, 0.05) is 35.4 Å². The molecular formula is C20H18N4O. The number of H-pyrrole nitrogens is 1. The van der Waals surface area contributed by atoms with Crippen LogP contribution in [0.4, 0.5) is 0 Å². The maximum Gasteiger partial charge on any atom is 0.251 e. The highest BCUT2D eigenvalue weighted by molar-refractivity contribution is 5.98. The Bertz CT molecular complexity index is 1030. The fourth-order valence-corrected chi connectivity index (χ4v) is 2.87. The zero-order valence-corrected chi connectivity index (χ0v) is 13.9. The number of nitrogens with one attached hydrogen (secondary N) is 2. The van der Waals surface area contributed by atoms with Gasteiger partial charge < -0.3 is 14.9 Å². The monoisotopic (exact) mass is 330 g/mol. The molecule has 0 bridgehead atoms. The Hall–Kier alpha value is -3.34. The van der Waals surface area contributed by atoms with E-state index in [4.69, 9.17) is 0 Å². The van der Waals surface area contributed by atoms with Crippen molar-refractivity contribution in [2.45, 2.75) is 6.54 Å². The van der Waals surface area contributed by atoms with Crippen LogP contribution in [0.25, 0.3) is 22.2 Å². The molecule has 0 saturated carbocycles. The highest BCUT2D eigenvalue weighted by Crippen LogP contribution is 2.24. The number of aromatic nitrogens is 3. The molecule has 5 nitrogen and oxygen atoms in total. The summed E-state index contributed by atoms with van der Waals surface area (Å²) in [4.78, 5) is 20.0. The predicted octanol–water partition coefficient (Wildman–Crippen LogP) is 3.50.